The topological polar surface area (TPSA) is 51.5 Å². The Morgan fingerprint density at radius 2 is 1.64 bits per heavy atom. The molecule has 0 aliphatic rings. The van der Waals surface area contributed by atoms with Crippen LogP contribution in [0.4, 0.5) is 0 Å². The van der Waals surface area contributed by atoms with Gasteiger partial charge in [-0.1, -0.05) is 59.7 Å². The Morgan fingerprint density at radius 1 is 1.00 bits per heavy atom. The van der Waals surface area contributed by atoms with E-state index in [0.29, 0.717) is 12.3 Å². The highest BCUT2D eigenvalue weighted by molar-refractivity contribution is 6.01. The van der Waals surface area contributed by atoms with Gasteiger partial charge in [-0.05, 0) is 50.5 Å². The molecule has 0 bridgehead atoms. The molecule has 0 saturated heterocycles. The van der Waals surface area contributed by atoms with Crippen LogP contribution >= 0.6 is 0 Å². The molecule has 1 amide bonds. The van der Waals surface area contributed by atoms with Gasteiger partial charge < -0.3 is 14.5 Å². The van der Waals surface area contributed by atoms with Crippen LogP contribution in [-0.2, 0) is 11.3 Å². The maximum absolute atomic E-state index is 12.6. The van der Waals surface area contributed by atoms with Gasteiger partial charge in [0.2, 0.25) is 5.91 Å². The van der Waals surface area contributed by atoms with Crippen molar-refractivity contribution in [1.82, 2.24) is 5.32 Å². The number of hydrogen-bond donors (Lipinski definition) is 1. The van der Waals surface area contributed by atoms with Gasteiger partial charge in [0.25, 0.3) is 0 Å². The predicted octanol–water partition coefficient (Wildman–Crippen LogP) is 6.75. The van der Waals surface area contributed by atoms with Gasteiger partial charge in [0.1, 0.15) is 11.3 Å². The summed E-state index contributed by atoms with van der Waals surface area (Å²) in [4.78, 5) is 12.6. The fraction of sp³-hybridized carbons (Fsp3) is 0.207. The zero-order valence-corrected chi connectivity index (χ0v) is 19.8. The third kappa shape index (κ3) is 4.70. The maximum atomic E-state index is 12.6. The van der Waals surface area contributed by atoms with Crippen LogP contribution in [0.2, 0.25) is 0 Å². The summed E-state index contributed by atoms with van der Waals surface area (Å²) >= 11 is 0. The first-order valence-corrected chi connectivity index (χ1v) is 11.0. The molecule has 0 fully saturated rings. The van der Waals surface area contributed by atoms with Gasteiger partial charge in [-0.25, -0.2) is 0 Å². The number of furan rings is 1. The molecule has 3 aromatic carbocycles. The molecule has 0 spiro atoms. The largest absolute Gasteiger partial charge is 0.496 e. The molecule has 4 nitrogen and oxygen atoms in total. The Hall–Kier alpha value is -3.79. The van der Waals surface area contributed by atoms with Crippen molar-refractivity contribution in [2.45, 2.75) is 34.2 Å². The van der Waals surface area contributed by atoms with Crippen LogP contribution < -0.4 is 10.1 Å². The van der Waals surface area contributed by atoms with Crippen LogP contribution in [-0.4, -0.2) is 13.0 Å². The van der Waals surface area contributed by atoms with Crippen LogP contribution in [0.1, 0.15) is 34.7 Å². The Labute approximate surface area is 194 Å². The minimum absolute atomic E-state index is 0.140. The lowest BCUT2D eigenvalue weighted by Crippen LogP contribution is -2.20. The number of aryl methyl sites for hydroxylation is 3. The molecule has 0 atom stereocenters. The van der Waals surface area contributed by atoms with E-state index < -0.39 is 0 Å². The van der Waals surface area contributed by atoms with Gasteiger partial charge in [-0.2, -0.15) is 0 Å². The van der Waals surface area contributed by atoms with Crippen LogP contribution in [0, 0.1) is 20.8 Å². The Balaban J connectivity index is 1.67. The molecule has 0 saturated carbocycles. The zero-order valence-electron chi connectivity index (χ0n) is 19.8. The third-order valence-electron chi connectivity index (χ3n) is 5.97. The predicted molar refractivity (Wildman–Crippen MR) is 134 cm³/mol. The van der Waals surface area contributed by atoms with Gasteiger partial charge in [0, 0.05) is 34.7 Å². The lowest BCUT2D eigenvalue weighted by Gasteiger charge is -2.13. The van der Waals surface area contributed by atoms with Crippen LogP contribution in [0.15, 0.2) is 71.4 Å². The van der Waals surface area contributed by atoms with Crippen LogP contribution in [0.3, 0.4) is 0 Å². The van der Waals surface area contributed by atoms with Gasteiger partial charge in [-0.15, -0.1) is 0 Å². The minimum Gasteiger partial charge on any atom is -0.496 e. The highest BCUT2D eigenvalue weighted by Crippen LogP contribution is 2.40. The summed E-state index contributed by atoms with van der Waals surface area (Å²) in [6.07, 6.45) is 3.42. The first kappa shape index (κ1) is 22.4. The van der Waals surface area contributed by atoms with E-state index >= 15 is 0 Å². The summed E-state index contributed by atoms with van der Waals surface area (Å²) in [6, 6.07) is 18.6. The smallest absolute Gasteiger partial charge is 0.244 e. The Kier molecular flexibility index (Phi) is 6.36. The lowest BCUT2D eigenvalue weighted by atomic mass is 9.96. The molecule has 0 aliphatic carbocycles. The Morgan fingerprint density at radius 3 is 2.27 bits per heavy atom. The molecule has 1 aromatic heterocycles. The van der Waals surface area contributed by atoms with Crippen molar-refractivity contribution in [2.24, 2.45) is 0 Å². The third-order valence-corrected chi connectivity index (χ3v) is 5.97. The first-order chi connectivity index (χ1) is 15.9. The van der Waals surface area contributed by atoms with Crippen molar-refractivity contribution in [3.63, 3.8) is 0 Å². The molecule has 0 unspecified atom stereocenters. The number of rotatable bonds is 6. The second kappa shape index (κ2) is 9.37. The lowest BCUT2D eigenvalue weighted by molar-refractivity contribution is -0.116. The van der Waals surface area contributed by atoms with Gasteiger partial charge in [0.05, 0.1) is 13.4 Å². The number of carbonyl (C=O) groups excluding carboxylic acids is 1. The Bertz CT molecular complexity index is 1330. The van der Waals surface area contributed by atoms with E-state index in [4.69, 9.17) is 9.15 Å². The molecular formula is C29H29NO3. The van der Waals surface area contributed by atoms with E-state index in [9.17, 15) is 4.79 Å². The van der Waals surface area contributed by atoms with Crippen molar-refractivity contribution in [3.05, 3.63) is 94.8 Å². The normalized spacial score (nSPS) is 11.6. The molecule has 1 heterocycles. The van der Waals surface area contributed by atoms with E-state index in [2.05, 4.69) is 42.6 Å². The van der Waals surface area contributed by atoms with Crippen molar-refractivity contribution in [1.29, 1.82) is 0 Å². The minimum atomic E-state index is -0.140. The van der Waals surface area contributed by atoms with Crippen LogP contribution in [0.5, 0.6) is 5.75 Å². The molecule has 1 N–H and O–H groups in total. The molecule has 0 aliphatic heterocycles. The molecule has 4 rings (SSSR count). The molecule has 4 heteroatoms. The first-order valence-electron chi connectivity index (χ1n) is 11.0. The summed E-state index contributed by atoms with van der Waals surface area (Å²) in [5.41, 5.74) is 9.00. The van der Waals surface area contributed by atoms with E-state index in [1.54, 1.807) is 19.4 Å². The average Bonchev–Trinajstić information content (AvgIpc) is 3.23. The summed E-state index contributed by atoms with van der Waals surface area (Å²) < 4.78 is 11.7. The standard InChI is InChI=1S/C29H29NO3/c1-18-6-10-22(11-7-18)16-30-27(31)14-20(3)24-15-25-26(23-12-8-19(2)9-13-23)17-33-29(25)21(4)28(24)32-5/h6-15,17H,16H2,1-5H3,(H,30,31)/b20-14+. The maximum Gasteiger partial charge on any atom is 0.244 e. The zero-order chi connectivity index (χ0) is 23.5. The SMILES string of the molecule is COc1c(/C(C)=C/C(=O)NCc2ccc(C)cc2)cc2c(-c3ccc(C)cc3)coc2c1C. The fourth-order valence-electron chi connectivity index (χ4n) is 4.05. The molecule has 4 aromatic rings. The van der Waals surface area contributed by atoms with Crippen molar-refractivity contribution < 1.29 is 13.9 Å². The quantitative estimate of drug-likeness (QED) is 0.338. The van der Waals surface area contributed by atoms with E-state index in [1.165, 1.54) is 11.1 Å². The van der Waals surface area contributed by atoms with E-state index in [-0.39, 0.29) is 5.91 Å². The second-order valence-corrected chi connectivity index (χ2v) is 8.51. The van der Waals surface area contributed by atoms with Gasteiger partial charge >= 0.3 is 0 Å². The van der Waals surface area contributed by atoms with Crippen molar-refractivity contribution >= 4 is 22.4 Å². The number of ether oxygens (including phenoxy) is 1. The monoisotopic (exact) mass is 439 g/mol. The number of amides is 1. The van der Waals surface area contributed by atoms with Crippen molar-refractivity contribution in [3.8, 4) is 16.9 Å². The second-order valence-electron chi connectivity index (χ2n) is 8.51. The number of benzene rings is 3. The summed E-state index contributed by atoms with van der Waals surface area (Å²) in [7, 11) is 1.65. The van der Waals surface area contributed by atoms with E-state index in [0.717, 1.165) is 44.4 Å². The molecule has 33 heavy (non-hydrogen) atoms. The van der Waals surface area contributed by atoms with Gasteiger partial charge in [0.15, 0.2) is 0 Å². The highest BCUT2D eigenvalue weighted by Gasteiger charge is 2.18. The number of nitrogens with one attached hydrogen (secondary N) is 1. The number of methoxy groups -OCH3 is 1. The summed E-state index contributed by atoms with van der Waals surface area (Å²) in [5, 5.41) is 3.97. The highest BCUT2D eigenvalue weighted by atomic mass is 16.5. The fourth-order valence-corrected chi connectivity index (χ4v) is 4.05. The number of fused-ring (bicyclic) bond motifs is 1. The van der Waals surface area contributed by atoms with E-state index in [1.807, 2.05) is 45.0 Å². The summed E-state index contributed by atoms with van der Waals surface area (Å²) in [5.74, 6) is 0.575. The summed E-state index contributed by atoms with van der Waals surface area (Å²) in [6.45, 7) is 8.52. The number of hydrogen-bond acceptors (Lipinski definition) is 3. The number of carbonyl (C=O) groups is 1. The van der Waals surface area contributed by atoms with Crippen LogP contribution in [0.25, 0.3) is 27.7 Å². The van der Waals surface area contributed by atoms with Gasteiger partial charge in [-0.3, -0.25) is 4.79 Å². The average molecular weight is 440 g/mol. The molecular weight excluding hydrogens is 410 g/mol. The number of allylic oxidation sites excluding steroid dienone is 1. The molecule has 168 valence electrons. The van der Waals surface area contributed by atoms with Crippen molar-refractivity contribution in [2.75, 3.05) is 7.11 Å². The molecule has 0 radical (unpaired) electrons.